The Kier molecular flexibility index (Phi) is 2.43. The third-order valence-corrected chi connectivity index (χ3v) is 4.26. The fourth-order valence-corrected chi connectivity index (χ4v) is 3.07. The molecule has 0 aliphatic carbocycles. The predicted octanol–water partition coefficient (Wildman–Crippen LogP) is 4.27. The highest BCUT2D eigenvalue weighted by atomic mass is 16.6. The molecular weight excluding hydrogens is 260 g/mol. The van der Waals surface area contributed by atoms with Crippen molar-refractivity contribution >= 4 is 16.7 Å². The van der Waals surface area contributed by atoms with Gasteiger partial charge in [0.05, 0.1) is 5.56 Å². The van der Waals surface area contributed by atoms with Crippen molar-refractivity contribution in [3.8, 4) is 0 Å². The lowest BCUT2D eigenvalue weighted by Gasteiger charge is -2.25. The minimum absolute atomic E-state index is 0.249. The maximum atomic E-state index is 12.1. The molecule has 102 valence electrons. The third kappa shape index (κ3) is 1.69. The maximum absolute atomic E-state index is 12.1. The molecule has 0 fully saturated rings. The standard InChI is InChI=1S/C19H14O2/c1-19(17-9-5-4-8-16(17)18(20)21-19)15-11-10-13-6-2-3-7-14(13)12-15/h2-12H,1H3/t19-/m0/s1. The van der Waals surface area contributed by atoms with Crippen molar-refractivity contribution in [2.24, 2.45) is 0 Å². The molecular formula is C19H14O2. The second-order valence-electron chi connectivity index (χ2n) is 5.53. The molecule has 1 aliphatic rings. The smallest absolute Gasteiger partial charge is 0.339 e. The Balaban J connectivity index is 1.94. The Morgan fingerprint density at radius 1 is 0.857 bits per heavy atom. The third-order valence-electron chi connectivity index (χ3n) is 4.26. The lowest BCUT2D eigenvalue weighted by molar-refractivity contribution is 0.0180. The molecule has 0 unspecified atom stereocenters. The largest absolute Gasteiger partial charge is 0.446 e. The number of carbonyl (C=O) groups excluding carboxylic acids is 1. The van der Waals surface area contributed by atoms with Gasteiger partial charge in [-0.1, -0.05) is 54.6 Å². The minimum atomic E-state index is -0.711. The zero-order valence-electron chi connectivity index (χ0n) is 11.7. The van der Waals surface area contributed by atoms with Gasteiger partial charge < -0.3 is 4.74 Å². The summed E-state index contributed by atoms with van der Waals surface area (Å²) in [6.07, 6.45) is 0. The second kappa shape index (κ2) is 4.19. The van der Waals surface area contributed by atoms with Crippen LogP contribution in [0.3, 0.4) is 0 Å². The van der Waals surface area contributed by atoms with E-state index in [0.717, 1.165) is 16.5 Å². The molecule has 3 aromatic rings. The fourth-order valence-electron chi connectivity index (χ4n) is 3.07. The van der Waals surface area contributed by atoms with E-state index >= 15 is 0 Å². The molecule has 2 heteroatoms. The van der Waals surface area contributed by atoms with E-state index < -0.39 is 5.60 Å². The molecule has 0 saturated carbocycles. The molecule has 0 aromatic heterocycles. The first-order valence-electron chi connectivity index (χ1n) is 7.01. The van der Waals surface area contributed by atoms with Gasteiger partial charge in [-0.05, 0) is 29.8 Å². The zero-order valence-corrected chi connectivity index (χ0v) is 11.7. The van der Waals surface area contributed by atoms with Gasteiger partial charge in [0.15, 0.2) is 5.60 Å². The van der Waals surface area contributed by atoms with Crippen molar-refractivity contribution < 1.29 is 9.53 Å². The van der Waals surface area contributed by atoms with Crippen LogP contribution in [0.15, 0.2) is 66.7 Å². The summed E-state index contributed by atoms with van der Waals surface area (Å²) in [5, 5.41) is 2.33. The average molecular weight is 274 g/mol. The number of benzene rings is 3. The molecule has 0 bridgehead atoms. The Morgan fingerprint density at radius 2 is 1.57 bits per heavy atom. The van der Waals surface area contributed by atoms with Crippen molar-refractivity contribution in [3.63, 3.8) is 0 Å². The first-order valence-corrected chi connectivity index (χ1v) is 7.01. The van der Waals surface area contributed by atoms with Crippen LogP contribution in [-0.4, -0.2) is 5.97 Å². The van der Waals surface area contributed by atoms with E-state index in [0.29, 0.717) is 5.56 Å². The van der Waals surface area contributed by atoms with Gasteiger partial charge in [-0.25, -0.2) is 4.79 Å². The van der Waals surface area contributed by atoms with Gasteiger partial charge in [-0.15, -0.1) is 0 Å². The molecule has 3 aromatic carbocycles. The van der Waals surface area contributed by atoms with E-state index in [1.807, 2.05) is 49.4 Å². The molecule has 1 aliphatic heterocycles. The number of esters is 1. The number of fused-ring (bicyclic) bond motifs is 2. The number of hydrogen-bond donors (Lipinski definition) is 0. The summed E-state index contributed by atoms with van der Waals surface area (Å²) in [5.41, 5.74) is 1.88. The second-order valence-corrected chi connectivity index (χ2v) is 5.53. The zero-order chi connectivity index (χ0) is 14.4. The summed E-state index contributed by atoms with van der Waals surface area (Å²) in [6.45, 7) is 1.96. The predicted molar refractivity (Wildman–Crippen MR) is 82.3 cm³/mol. The highest BCUT2D eigenvalue weighted by Gasteiger charge is 2.42. The van der Waals surface area contributed by atoms with Crippen LogP contribution in [0.5, 0.6) is 0 Å². The minimum Gasteiger partial charge on any atom is -0.446 e. The molecule has 1 atom stereocenters. The van der Waals surface area contributed by atoms with E-state index in [1.54, 1.807) is 0 Å². The Bertz CT molecular complexity index is 866. The van der Waals surface area contributed by atoms with Crippen molar-refractivity contribution in [1.82, 2.24) is 0 Å². The first-order chi connectivity index (χ1) is 10.2. The lowest BCUT2D eigenvalue weighted by atomic mass is 9.86. The number of hydrogen-bond acceptors (Lipinski definition) is 2. The summed E-state index contributed by atoms with van der Waals surface area (Å²) in [7, 11) is 0. The first kappa shape index (κ1) is 12.2. The SMILES string of the molecule is C[C@@]1(c2ccc3ccccc3c2)OC(=O)c2ccccc21. The van der Waals surface area contributed by atoms with Gasteiger partial charge in [0.25, 0.3) is 0 Å². The van der Waals surface area contributed by atoms with E-state index in [9.17, 15) is 4.79 Å². The van der Waals surface area contributed by atoms with Crippen LogP contribution < -0.4 is 0 Å². The Hall–Kier alpha value is -2.61. The van der Waals surface area contributed by atoms with Crippen LogP contribution in [0, 0.1) is 0 Å². The van der Waals surface area contributed by atoms with Crippen LogP contribution in [0.25, 0.3) is 10.8 Å². The molecule has 0 radical (unpaired) electrons. The summed E-state index contributed by atoms with van der Waals surface area (Å²) in [5.74, 6) is -0.249. The molecule has 0 saturated heterocycles. The van der Waals surface area contributed by atoms with Gasteiger partial charge in [0.2, 0.25) is 0 Å². The van der Waals surface area contributed by atoms with Gasteiger partial charge in [-0.3, -0.25) is 0 Å². The molecule has 4 rings (SSSR count). The van der Waals surface area contributed by atoms with Crippen molar-refractivity contribution in [1.29, 1.82) is 0 Å². The lowest BCUT2D eigenvalue weighted by Crippen LogP contribution is -2.23. The monoisotopic (exact) mass is 274 g/mol. The molecule has 0 spiro atoms. The normalized spacial score (nSPS) is 20.3. The highest BCUT2D eigenvalue weighted by molar-refractivity contribution is 5.95. The number of cyclic esters (lactones) is 1. The maximum Gasteiger partial charge on any atom is 0.339 e. The van der Waals surface area contributed by atoms with Gasteiger partial charge in [0.1, 0.15) is 0 Å². The quantitative estimate of drug-likeness (QED) is 0.619. The Morgan fingerprint density at radius 3 is 2.43 bits per heavy atom. The summed E-state index contributed by atoms with van der Waals surface area (Å²) in [4.78, 5) is 12.1. The van der Waals surface area contributed by atoms with Gasteiger partial charge >= 0.3 is 5.97 Å². The molecule has 21 heavy (non-hydrogen) atoms. The molecule has 2 nitrogen and oxygen atoms in total. The van der Waals surface area contributed by atoms with E-state index in [2.05, 4.69) is 24.3 Å². The van der Waals surface area contributed by atoms with E-state index in [1.165, 1.54) is 5.39 Å². The van der Waals surface area contributed by atoms with Crippen molar-refractivity contribution in [2.75, 3.05) is 0 Å². The van der Waals surface area contributed by atoms with Crippen LogP contribution in [0.1, 0.15) is 28.4 Å². The Labute approximate surface area is 123 Å². The summed E-state index contributed by atoms with van der Waals surface area (Å²) in [6, 6.07) is 22.0. The van der Waals surface area contributed by atoms with Crippen LogP contribution >= 0.6 is 0 Å². The molecule has 0 amide bonds. The topological polar surface area (TPSA) is 26.3 Å². The average Bonchev–Trinajstić information content (AvgIpc) is 2.80. The van der Waals surface area contributed by atoms with Gasteiger partial charge in [-0.2, -0.15) is 0 Å². The molecule has 0 N–H and O–H groups in total. The van der Waals surface area contributed by atoms with Crippen molar-refractivity contribution in [2.45, 2.75) is 12.5 Å². The molecule has 1 heterocycles. The summed E-state index contributed by atoms with van der Waals surface area (Å²) < 4.78 is 5.72. The van der Waals surface area contributed by atoms with Crippen LogP contribution in [-0.2, 0) is 10.3 Å². The van der Waals surface area contributed by atoms with Gasteiger partial charge in [0, 0.05) is 11.1 Å². The number of ether oxygens (including phenoxy) is 1. The number of rotatable bonds is 1. The van der Waals surface area contributed by atoms with Crippen molar-refractivity contribution in [3.05, 3.63) is 83.4 Å². The number of carbonyl (C=O) groups is 1. The van der Waals surface area contributed by atoms with Crippen LogP contribution in [0.4, 0.5) is 0 Å². The van der Waals surface area contributed by atoms with Crippen LogP contribution in [0.2, 0.25) is 0 Å². The van der Waals surface area contributed by atoms with E-state index in [4.69, 9.17) is 4.74 Å². The fraction of sp³-hybridized carbons (Fsp3) is 0.105. The summed E-state index contributed by atoms with van der Waals surface area (Å²) >= 11 is 0. The highest BCUT2D eigenvalue weighted by Crippen LogP contribution is 2.42. The van der Waals surface area contributed by atoms with E-state index in [-0.39, 0.29) is 5.97 Å².